The second kappa shape index (κ2) is 6.07. The van der Waals surface area contributed by atoms with Gasteiger partial charge >= 0.3 is 0 Å². The number of benzene rings is 1. The zero-order valence-electron chi connectivity index (χ0n) is 11.2. The minimum absolute atomic E-state index is 0. The van der Waals surface area contributed by atoms with Gasteiger partial charge in [0.05, 0.1) is 11.7 Å². The van der Waals surface area contributed by atoms with Gasteiger partial charge in [0.1, 0.15) is 5.75 Å². The van der Waals surface area contributed by atoms with Gasteiger partial charge < -0.3 is 16.2 Å². The number of nitrogens with two attached hydrogens (primary N) is 1. The molecule has 4 nitrogen and oxygen atoms in total. The van der Waals surface area contributed by atoms with Crippen molar-refractivity contribution < 1.29 is 9.90 Å². The number of carbonyl (C=O) groups excluding carboxylic acids is 1. The highest BCUT2D eigenvalue weighted by Gasteiger charge is 2.17. The zero-order valence-corrected chi connectivity index (χ0v) is 12.0. The van der Waals surface area contributed by atoms with Crippen LogP contribution < -0.4 is 11.1 Å². The van der Waals surface area contributed by atoms with Crippen LogP contribution in [0.3, 0.4) is 0 Å². The Morgan fingerprint density at radius 1 is 1.39 bits per heavy atom. The molecule has 1 aromatic carbocycles. The summed E-state index contributed by atoms with van der Waals surface area (Å²) in [6, 6.07) is 4.59. The smallest absolute Gasteiger partial charge is 0.241 e. The summed E-state index contributed by atoms with van der Waals surface area (Å²) in [5.41, 5.74) is 6.86. The SMILES string of the molecule is C[C@@H](N)C(=O)Nc1cc(C(C)(C)C)ccc1O.Cl. The number of rotatable bonds is 2. The summed E-state index contributed by atoms with van der Waals surface area (Å²) >= 11 is 0. The van der Waals surface area contributed by atoms with Gasteiger partial charge in [0.15, 0.2) is 0 Å². The van der Waals surface area contributed by atoms with Crippen LogP contribution in [0.1, 0.15) is 33.3 Å². The van der Waals surface area contributed by atoms with Gasteiger partial charge in [-0.2, -0.15) is 0 Å². The Balaban J connectivity index is 0.00000289. The van der Waals surface area contributed by atoms with E-state index in [2.05, 4.69) is 26.1 Å². The van der Waals surface area contributed by atoms with Crippen LogP contribution in [-0.2, 0) is 10.2 Å². The minimum atomic E-state index is -0.604. The molecule has 5 heteroatoms. The summed E-state index contributed by atoms with van der Waals surface area (Å²) in [5.74, 6) is -0.265. The predicted octanol–water partition coefficient (Wildman–Crippen LogP) is 2.40. The lowest BCUT2D eigenvalue weighted by Gasteiger charge is -2.20. The van der Waals surface area contributed by atoms with Crippen molar-refractivity contribution in [1.82, 2.24) is 0 Å². The van der Waals surface area contributed by atoms with E-state index in [1.807, 2.05) is 6.07 Å². The molecule has 0 aliphatic rings. The van der Waals surface area contributed by atoms with Gasteiger partial charge in [-0.05, 0) is 30.0 Å². The maximum atomic E-state index is 11.5. The second-order valence-corrected chi connectivity index (χ2v) is 5.26. The standard InChI is InChI=1S/C13H20N2O2.ClH/c1-8(14)12(17)15-10-7-9(13(2,3)4)5-6-11(10)16;/h5-8,16H,14H2,1-4H3,(H,15,17);1H/t8-;/m1./s1. The molecule has 1 amide bonds. The molecule has 0 spiro atoms. The van der Waals surface area contributed by atoms with Crippen LogP contribution in [0.5, 0.6) is 5.75 Å². The second-order valence-electron chi connectivity index (χ2n) is 5.26. The Morgan fingerprint density at radius 3 is 2.39 bits per heavy atom. The Bertz CT molecular complexity index is 425. The number of phenols is 1. The van der Waals surface area contributed by atoms with Crippen molar-refractivity contribution in [2.24, 2.45) is 5.73 Å². The van der Waals surface area contributed by atoms with Gasteiger partial charge in [-0.15, -0.1) is 12.4 Å². The first-order valence-electron chi connectivity index (χ1n) is 5.62. The Morgan fingerprint density at radius 2 is 1.94 bits per heavy atom. The van der Waals surface area contributed by atoms with Crippen LogP contribution in [0, 0.1) is 0 Å². The number of halogens is 1. The lowest BCUT2D eigenvalue weighted by molar-refractivity contribution is -0.117. The Labute approximate surface area is 114 Å². The fourth-order valence-electron chi connectivity index (χ4n) is 1.35. The maximum Gasteiger partial charge on any atom is 0.241 e. The van der Waals surface area contributed by atoms with Gasteiger partial charge in [-0.3, -0.25) is 4.79 Å². The van der Waals surface area contributed by atoms with E-state index in [9.17, 15) is 9.90 Å². The van der Waals surface area contributed by atoms with E-state index >= 15 is 0 Å². The molecule has 0 unspecified atom stereocenters. The normalized spacial score (nSPS) is 12.5. The lowest BCUT2D eigenvalue weighted by Crippen LogP contribution is -2.32. The molecule has 18 heavy (non-hydrogen) atoms. The largest absolute Gasteiger partial charge is 0.506 e. The monoisotopic (exact) mass is 272 g/mol. The van der Waals surface area contributed by atoms with Gasteiger partial charge in [-0.25, -0.2) is 0 Å². The molecule has 0 aliphatic carbocycles. The quantitative estimate of drug-likeness (QED) is 0.724. The Hall–Kier alpha value is -1.26. The lowest BCUT2D eigenvalue weighted by atomic mass is 9.87. The van der Waals surface area contributed by atoms with Crippen LogP contribution in [-0.4, -0.2) is 17.1 Å². The van der Waals surface area contributed by atoms with E-state index in [-0.39, 0.29) is 29.5 Å². The number of nitrogens with one attached hydrogen (secondary N) is 1. The molecule has 0 aliphatic heterocycles. The van der Waals surface area contributed by atoms with E-state index in [1.54, 1.807) is 19.1 Å². The summed E-state index contributed by atoms with van der Waals surface area (Å²) in [5, 5.41) is 12.3. The van der Waals surface area contributed by atoms with Gasteiger partial charge in [-0.1, -0.05) is 26.8 Å². The summed E-state index contributed by atoms with van der Waals surface area (Å²) in [7, 11) is 0. The van der Waals surface area contributed by atoms with E-state index < -0.39 is 6.04 Å². The van der Waals surface area contributed by atoms with Crippen molar-refractivity contribution in [3.63, 3.8) is 0 Å². The molecule has 0 saturated carbocycles. The third-order valence-electron chi connectivity index (χ3n) is 2.53. The van der Waals surface area contributed by atoms with E-state index in [0.29, 0.717) is 5.69 Å². The number of phenolic OH excluding ortho intramolecular Hbond substituents is 1. The number of anilines is 1. The zero-order chi connectivity index (χ0) is 13.2. The van der Waals surface area contributed by atoms with E-state index in [0.717, 1.165) is 5.56 Å². The van der Waals surface area contributed by atoms with Crippen LogP contribution >= 0.6 is 12.4 Å². The summed E-state index contributed by atoms with van der Waals surface area (Å²) in [6.07, 6.45) is 0. The molecule has 0 radical (unpaired) electrons. The summed E-state index contributed by atoms with van der Waals surface area (Å²) in [4.78, 5) is 11.5. The Kier molecular flexibility index (Phi) is 5.64. The van der Waals surface area contributed by atoms with Crippen LogP contribution in [0.25, 0.3) is 0 Å². The van der Waals surface area contributed by atoms with Gasteiger partial charge in [0.2, 0.25) is 5.91 Å². The first kappa shape index (κ1) is 16.7. The molecule has 0 saturated heterocycles. The fourth-order valence-corrected chi connectivity index (χ4v) is 1.35. The minimum Gasteiger partial charge on any atom is -0.506 e. The van der Waals surface area contributed by atoms with Crippen molar-refractivity contribution in [2.45, 2.75) is 39.2 Å². The number of carbonyl (C=O) groups is 1. The maximum absolute atomic E-state index is 11.5. The molecule has 102 valence electrons. The summed E-state index contributed by atoms with van der Waals surface area (Å²) < 4.78 is 0. The number of hydrogen-bond donors (Lipinski definition) is 3. The molecular weight excluding hydrogens is 252 g/mol. The first-order valence-corrected chi connectivity index (χ1v) is 5.62. The molecule has 0 heterocycles. The highest BCUT2D eigenvalue weighted by atomic mass is 35.5. The molecule has 1 aromatic rings. The molecular formula is C13H21ClN2O2. The van der Waals surface area contributed by atoms with Crippen molar-refractivity contribution >= 4 is 24.0 Å². The summed E-state index contributed by atoms with van der Waals surface area (Å²) in [6.45, 7) is 7.80. The molecule has 1 atom stereocenters. The van der Waals surface area contributed by atoms with Crippen molar-refractivity contribution in [2.75, 3.05) is 5.32 Å². The highest BCUT2D eigenvalue weighted by molar-refractivity contribution is 5.95. The van der Waals surface area contributed by atoms with Crippen molar-refractivity contribution in [3.8, 4) is 5.75 Å². The van der Waals surface area contributed by atoms with Crippen LogP contribution in [0.2, 0.25) is 0 Å². The van der Waals surface area contributed by atoms with Crippen LogP contribution in [0.15, 0.2) is 18.2 Å². The molecule has 0 fully saturated rings. The number of aromatic hydroxyl groups is 1. The van der Waals surface area contributed by atoms with E-state index in [1.165, 1.54) is 0 Å². The number of amides is 1. The van der Waals surface area contributed by atoms with Crippen molar-refractivity contribution in [1.29, 1.82) is 0 Å². The third-order valence-corrected chi connectivity index (χ3v) is 2.53. The molecule has 0 bridgehead atoms. The molecule has 4 N–H and O–H groups in total. The molecule has 0 aromatic heterocycles. The third kappa shape index (κ3) is 4.20. The molecule has 1 rings (SSSR count). The van der Waals surface area contributed by atoms with Gasteiger partial charge in [0, 0.05) is 0 Å². The van der Waals surface area contributed by atoms with Gasteiger partial charge in [0.25, 0.3) is 0 Å². The van der Waals surface area contributed by atoms with Crippen molar-refractivity contribution in [3.05, 3.63) is 23.8 Å². The average molecular weight is 273 g/mol. The predicted molar refractivity (Wildman–Crippen MR) is 76.3 cm³/mol. The van der Waals surface area contributed by atoms with E-state index in [4.69, 9.17) is 5.73 Å². The first-order chi connectivity index (χ1) is 7.71. The number of hydrogen-bond acceptors (Lipinski definition) is 3. The highest BCUT2D eigenvalue weighted by Crippen LogP contribution is 2.30. The fraction of sp³-hybridized carbons (Fsp3) is 0.462. The topological polar surface area (TPSA) is 75.4 Å². The average Bonchev–Trinajstić information content (AvgIpc) is 2.19. The van der Waals surface area contributed by atoms with Crippen LogP contribution in [0.4, 0.5) is 5.69 Å².